The molecule has 0 aliphatic heterocycles. The molecule has 0 saturated heterocycles. The van der Waals surface area contributed by atoms with Crippen molar-refractivity contribution in [3.63, 3.8) is 0 Å². The number of carbonyl (C=O) groups excluding carboxylic acids is 1. The fourth-order valence-electron chi connectivity index (χ4n) is 3.56. The van der Waals surface area contributed by atoms with E-state index in [4.69, 9.17) is 15.6 Å². The Bertz CT molecular complexity index is 848. The topological polar surface area (TPSA) is 115 Å². The zero-order valence-electron chi connectivity index (χ0n) is 17.6. The standard InChI is InChI=1S/C21H31N5O2S/c1-6-25-21(27)14-7-8-15(12(2)9-14)13(3)20(24-4)26-17-11-19(29-23)16(22)10-18(17)28-5/h10-11,14H,3,6-9,22-23H2,1-2,4-5H3,(H,24,26)(H,25,27). The van der Waals surface area contributed by atoms with Crippen molar-refractivity contribution in [1.82, 2.24) is 5.32 Å². The van der Waals surface area contributed by atoms with Crippen LogP contribution in [-0.4, -0.2) is 32.4 Å². The number of methoxy groups -OCH3 is 1. The maximum absolute atomic E-state index is 12.2. The van der Waals surface area contributed by atoms with E-state index in [1.807, 2.05) is 13.0 Å². The zero-order chi connectivity index (χ0) is 21.6. The summed E-state index contributed by atoms with van der Waals surface area (Å²) in [6.45, 7) is 8.92. The lowest BCUT2D eigenvalue weighted by Crippen LogP contribution is -2.32. The van der Waals surface area contributed by atoms with Gasteiger partial charge in [0.1, 0.15) is 11.6 Å². The van der Waals surface area contributed by atoms with E-state index in [-0.39, 0.29) is 11.8 Å². The van der Waals surface area contributed by atoms with Crippen LogP contribution in [0.3, 0.4) is 0 Å². The second kappa shape index (κ2) is 10.4. The predicted octanol–water partition coefficient (Wildman–Crippen LogP) is 3.49. The maximum atomic E-state index is 12.2. The van der Waals surface area contributed by atoms with Gasteiger partial charge in [-0.25, -0.2) is 0 Å². The average molecular weight is 418 g/mol. The van der Waals surface area contributed by atoms with Gasteiger partial charge < -0.3 is 21.1 Å². The first kappa shape index (κ1) is 22.8. The van der Waals surface area contributed by atoms with Crippen LogP contribution >= 0.6 is 11.9 Å². The SMILES string of the molecule is C=C(C(=NC)Nc1cc(SN)c(N)cc1OC)C1=C(C)CC(C(=O)NCC)CC1. The minimum Gasteiger partial charge on any atom is -0.494 e. The van der Waals surface area contributed by atoms with Crippen molar-refractivity contribution in [1.29, 1.82) is 0 Å². The van der Waals surface area contributed by atoms with Crippen molar-refractivity contribution in [2.45, 2.75) is 38.0 Å². The van der Waals surface area contributed by atoms with Crippen molar-refractivity contribution in [3.05, 3.63) is 35.4 Å². The van der Waals surface area contributed by atoms with Gasteiger partial charge in [0, 0.05) is 36.0 Å². The Kier molecular flexibility index (Phi) is 8.16. The molecule has 1 aliphatic rings. The lowest BCUT2D eigenvalue weighted by Gasteiger charge is -2.27. The molecule has 0 aromatic heterocycles. The van der Waals surface area contributed by atoms with E-state index in [9.17, 15) is 4.79 Å². The number of nitrogen functional groups attached to an aromatic ring is 1. The molecule has 1 aromatic rings. The van der Waals surface area contributed by atoms with Gasteiger partial charge in [0.25, 0.3) is 0 Å². The summed E-state index contributed by atoms with van der Waals surface area (Å²) in [6.07, 6.45) is 2.32. The molecule has 0 spiro atoms. The number of carbonyl (C=O) groups is 1. The summed E-state index contributed by atoms with van der Waals surface area (Å²) in [5.41, 5.74) is 10.4. The third-order valence-electron chi connectivity index (χ3n) is 5.12. The molecule has 0 saturated carbocycles. The molecule has 0 fully saturated rings. The molecule has 1 amide bonds. The molecule has 1 unspecified atom stereocenters. The van der Waals surface area contributed by atoms with Gasteiger partial charge in [-0.05, 0) is 56.7 Å². The molecular formula is C21H31N5O2S. The van der Waals surface area contributed by atoms with E-state index < -0.39 is 0 Å². The number of ether oxygens (including phenoxy) is 1. The number of hydrogen-bond donors (Lipinski definition) is 4. The van der Waals surface area contributed by atoms with Crippen LogP contribution < -0.4 is 26.2 Å². The van der Waals surface area contributed by atoms with Gasteiger partial charge in [0.15, 0.2) is 0 Å². The van der Waals surface area contributed by atoms with Crippen LogP contribution in [0.25, 0.3) is 0 Å². The van der Waals surface area contributed by atoms with Crippen molar-refractivity contribution in [2.75, 3.05) is 31.8 Å². The molecule has 6 N–H and O–H groups in total. The van der Waals surface area contributed by atoms with Gasteiger partial charge in [0.05, 0.1) is 18.5 Å². The highest BCUT2D eigenvalue weighted by Crippen LogP contribution is 2.36. The van der Waals surface area contributed by atoms with Crippen LogP contribution in [0.2, 0.25) is 0 Å². The molecular weight excluding hydrogens is 386 g/mol. The lowest BCUT2D eigenvalue weighted by atomic mass is 9.81. The molecule has 8 heteroatoms. The van der Waals surface area contributed by atoms with E-state index in [0.29, 0.717) is 29.5 Å². The van der Waals surface area contributed by atoms with Gasteiger partial charge >= 0.3 is 0 Å². The van der Waals surface area contributed by atoms with E-state index >= 15 is 0 Å². The first-order valence-corrected chi connectivity index (χ1v) is 10.5. The minimum absolute atomic E-state index is 0.0165. The maximum Gasteiger partial charge on any atom is 0.223 e. The zero-order valence-corrected chi connectivity index (χ0v) is 18.4. The van der Waals surface area contributed by atoms with Crippen molar-refractivity contribution in [3.8, 4) is 5.75 Å². The molecule has 1 aromatic carbocycles. The molecule has 0 radical (unpaired) electrons. The third-order valence-corrected chi connectivity index (χ3v) is 5.73. The third kappa shape index (κ3) is 5.33. The summed E-state index contributed by atoms with van der Waals surface area (Å²) in [7, 11) is 3.30. The second-order valence-electron chi connectivity index (χ2n) is 6.98. The fraction of sp³-hybridized carbons (Fsp3) is 0.429. The summed E-state index contributed by atoms with van der Waals surface area (Å²) in [5, 5.41) is 11.9. The van der Waals surface area contributed by atoms with E-state index in [2.05, 4.69) is 29.1 Å². The Morgan fingerprint density at radius 1 is 1.45 bits per heavy atom. The highest BCUT2D eigenvalue weighted by Gasteiger charge is 2.26. The number of nitrogens with zero attached hydrogens (tertiary/aromatic N) is 1. The van der Waals surface area contributed by atoms with Crippen LogP contribution in [0.4, 0.5) is 11.4 Å². The summed E-state index contributed by atoms with van der Waals surface area (Å²) < 4.78 is 5.45. The number of allylic oxidation sites excluding steroid dienone is 1. The van der Waals surface area contributed by atoms with Gasteiger partial charge in [-0.3, -0.25) is 14.9 Å². The lowest BCUT2D eigenvalue weighted by molar-refractivity contribution is -0.125. The average Bonchev–Trinajstić information content (AvgIpc) is 2.72. The molecule has 0 bridgehead atoms. The number of rotatable bonds is 7. The van der Waals surface area contributed by atoms with Gasteiger partial charge in [-0.15, -0.1) is 0 Å². The minimum atomic E-state index is 0.0165. The fourth-order valence-corrected chi connectivity index (χ4v) is 3.94. The molecule has 1 atom stereocenters. The summed E-state index contributed by atoms with van der Waals surface area (Å²) in [4.78, 5) is 17.3. The van der Waals surface area contributed by atoms with Crippen molar-refractivity contribution in [2.24, 2.45) is 16.0 Å². The highest BCUT2D eigenvalue weighted by atomic mass is 32.2. The number of amides is 1. The quantitative estimate of drug-likeness (QED) is 0.234. The van der Waals surface area contributed by atoms with Crippen LogP contribution in [-0.2, 0) is 4.79 Å². The normalized spacial score (nSPS) is 17.1. The van der Waals surface area contributed by atoms with Crippen molar-refractivity contribution >= 4 is 35.1 Å². The van der Waals surface area contributed by atoms with Crippen LogP contribution in [0.5, 0.6) is 5.75 Å². The number of hydrogen-bond acceptors (Lipinski definition) is 6. The molecule has 158 valence electrons. The van der Waals surface area contributed by atoms with Gasteiger partial charge in [0.2, 0.25) is 5.91 Å². The van der Waals surface area contributed by atoms with Gasteiger partial charge in [-0.1, -0.05) is 12.2 Å². The largest absolute Gasteiger partial charge is 0.494 e. The summed E-state index contributed by atoms with van der Waals surface area (Å²) >= 11 is 1.08. The van der Waals surface area contributed by atoms with Crippen molar-refractivity contribution < 1.29 is 9.53 Å². The molecule has 2 rings (SSSR count). The highest BCUT2D eigenvalue weighted by molar-refractivity contribution is 7.97. The Labute approximate surface area is 177 Å². The van der Waals surface area contributed by atoms with E-state index in [1.165, 1.54) is 5.57 Å². The number of amidine groups is 1. The second-order valence-corrected chi connectivity index (χ2v) is 7.65. The molecule has 1 aliphatic carbocycles. The Morgan fingerprint density at radius 3 is 2.72 bits per heavy atom. The number of anilines is 2. The Morgan fingerprint density at radius 2 is 2.17 bits per heavy atom. The summed E-state index contributed by atoms with van der Waals surface area (Å²) in [6, 6.07) is 3.57. The van der Waals surface area contributed by atoms with Crippen LogP contribution in [0, 0.1) is 5.92 Å². The van der Waals surface area contributed by atoms with Crippen LogP contribution in [0.15, 0.2) is 45.3 Å². The molecule has 0 heterocycles. The van der Waals surface area contributed by atoms with Crippen LogP contribution in [0.1, 0.15) is 33.1 Å². The first-order valence-electron chi connectivity index (χ1n) is 9.60. The number of benzene rings is 1. The number of nitrogens with one attached hydrogen (secondary N) is 2. The number of aliphatic imine (C=N–C) groups is 1. The Balaban J connectivity index is 2.24. The van der Waals surface area contributed by atoms with E-state index in [0.717, 1.165) is 47.3 Å². The first-order chi connectivity index (χ1) is 13.9. The molecule has 29 heavy (non-hydrogen) atoms. The van der Waals surface area contributed by atoms with Gasteiger partial charge in [-0.2, -0.15) is 0 Å². The predicted molar refractivity (Wildman–Crippen MR) is 122 cm³/mol. The monoisotopic (exact) mass is 417 g/mol. The summed E-state index contributed by atoms with van der Waals surface area (Å²) in [5.74, 6) is 1.38. The smallest absolute Gasteiger partial charge is 0.223 e. The Hall–Kier alpha value is -2.45. The number of nitrogens with two attached hydrogens (primary N) is 2. The van der Waals surface area contributed by atoms with E-state index in [1.54, 1.807) is 20.2 Å². The molecule has 7 nitrogen and oxygen atoms in total.